The Labute approximate surface area is 226 Å². The molecule has 2 heterocycles. The second-order valence-electron chi connectivity index (χ2n) is 8.52. The molecular weight excluding hydrogens is 510 g/mol. The lowest BCUT2D eigenvalue weighted by atomic mass is 9.98. The third kappa shape index (κ3) is 5.66. The van der Waals surface area contributed by atoms with Crippen LogP contribution in [0.4, 0.5) is 0 Å². The lowest BCUT2D eigenvalue weighted by Crippen LogP contribution is -2.20. The van der Waals surface area contributed by atoms with Gasteiger partial charge in [0.15, 0.2) is 11.5 Å². The molecule has 10 nitrogen and oxygen atoms in total. The number of carbonyl (C=O) groups excluding carboxylic acids is 1. The summed E-state index contributed by atoms with van der Waals surface area (Å²) < 4.78 is 25.0. The first-order chi connectivity index (χ1) is 18.4. The second-order valence-corrected chi connectivity index (χ2v) is 8.96. The predicted molar refractivity (Wildman–Crippen MR) is 142 cm³/mol. The van der Waals surface area contributed by atoms with E-state index < -0.39 is 17.9 Å². The quantitative estimate of drug-likeness (QED) is 0.132. The average molecular weight is 540 g/mol. The molecule has 3 aromatic rings. The first kappa shape index (κ1) is 27.2. The maximum Gasteiger partial charge on any atom is 0.377 e. The Morgan fingerprint density at radius 2 is 1.97 bits per heavy atom. The van der Waals surface area contributed by atoms with Gasteiger partial charge in [-0.05, 0) is 49.7 Å². The van der Waals surface area contributed by atoms with Gasteiger partial charge in [-0.2, -0.15) is 0 Å². The Kier molecular flexibility index (Phi) is 8.65. The number of benzene rings is 2. The van der Waals surface area contributed by atoms with Crippen LogP contribution in [0.15, 0.2) is 65.1 Å². The Morgan fingerprint density at radius 3 is 2.71 bits per heavy atom. The van der Waals surface area contributed by atoms with Gasteiger partial charge in [-0.3, -0.25) is 10.4 Å². The van der Waals surface area contributed by atoms with E-state index in [4.69, 9.17) is 36.0 Å². The first-order valence-corrected chi connectivity index (χ1v) is 12.5. The largest absolute Gasteiger partial charge is 0.493 e. The number of esters is 1. The summed E-state index contributed by atoms with van der Waals surface area (Å²) in [4.78, 5) is 11.6. The minimum absolute atomic E-state index is 0.165. The number of ether oxygens (including phenoxy) is 4. The zero-order valence-corrected chi connectivity index (χ0v) is 22.4. The molecule has 1 N–H and O–H groups in total. The number of rotatable bonds is 8. The predicted octanol–water partition coefficient (Wildman–Crippen LogP) is 5.54. The maximum absolute atomic E-state index is 11.6. The van der Waals surface area contributed by atoms with Gasteiger partial charge in [0.05, 0.1) is 32.2 Å². The van der Waals surface area contributed by atoms with E-state index in [1.807, 2.05) is 54.7 Å². The third-order valence-corrected chi connectivity index (χ3v) is 6.37. The minimum atomic E-state index is -0.818. The molecule has 1 aliphatic heterocycles. The van der Waals surface area contributed by atoms with Crippen molar-refractivity contribution in [1.29, 1.82) is 5.41 Å². The van der Waals surface area contributed by atoms with Gasteiger partial charge in [-0.25, -0.2) is 4.79 Å². The highest BCUT2D eigenvalue weighted by Gasteiger charge is 2.33. The zero-order chi connectivity index (χ0) is 27.2. The van der Waals surface area contributed by atoms with Gasteiger partial charge in [0.25, 0.3) is 5.84 Å². The molecule has 38 heavy (non-hydrogen) atoms. The number of carbonyl (C=O) groups is 1. The monoisotopic (exact) mass is 539 g/mol. The van der Waals surface area contributed by atoms with Crippen molar-refractivity contribution < 1.29 is 23.7 Å². The van der Waals surface area contributed by atoms with Gasteiger partial charge in [0, 0.05) is 35.9 Å². The smallest absolute Gasteiger partial charge is 0.377 e. The molecule has 4 rings (SSSR count). The van der Waals surface area contributed by atoms with Crippen molar-refractivity contribution in [3.8, 4) is 17.2 Å². The highest BCUT2D eigenvalue weighted by molar-refractivity contribution is 6.34. The van der Waals surface area contributed by atoms with Gasteiger partial charge in [0.1, 0.15) is 12.2 Å². The third-order valence-electron chi connectivity index (χ3n) is 6.14. The van der Waals surface area contributed by atoms with Crippen LogP contribution in [-0.4, -0.2) is 55.8 Å². The van der Waals surface area contributed by atoms with Crippen molar-refractivity contribution in [2.75, 3.05) is 34.4 Å². The summed E-state index contributed by atoms with van der Waals surface area (Å²) in [6.45, 7) is 2.27. The summed E-state index contributed by atoms with van der Waals surface area (Å²) in [6.07, 6.45) is 1.67. The van der Waals surface area contributed by atoms with Gasteiger partial charge in [0.2, 0.25) is 0 Å². The number of amidine groups is 1. The number of halogens is 1. The number of nitrogens with one attached hydrogen (secondary N) is 1. The topological polar surface area (TPSA) is 111 Å². The number of methoxy groups -OCH3 is 2. The molecule has 0 spiro atoms. The highest BCUT2D eigenvalue weighted by atomic mass is 35.5. The molecule has 0 saturated heterocycles. The average Bonchev–Trinajstić information content (AvgIpc) is 3.36. The Hall–Kier alpha value is -3.89. The van der Waals surface area contributed by atoms with E-state index in [1.165, 1.54) is 0 Å². The second kappa shape index (κ2) is 12.1. The fourth-order valence-corrected chi connectivity index (χ4v) is 4.60. The molecule has 2 aromatic carbocycles. The van der Waals surface area contributed by atoms with Gasteiger partial charge in [-0.1, -0.05) is 29.0 Å². The van der Waals surface area contributed by atoms with Crippen LogP contribution in [-0.2, 0) is 14.3 Å². The SMILES string of the molecule is CCOC(=O)C(=N)/N=N\N(C)CC[C@H]1O[C@H](c2cccc(OC)c2OC)c2cc(Cl)ccc2-n2cccc21. The van der Waals surface area contributed by atoms with E-state index >= 15 is 0 Å². The van der Waals surface area contributed by atoms with Crippen molar-refractivity contribution in [3.05, 3.63) is 76.6 Å². The van der Waals surface area contributed by atoms with E-state index in [0.717, 1.165) is 22.5 Å². The number of fused-ring (bicyclic) bond motifs is 3. The van der Waals surface area contributed by atoms with Gasteiger partial charge >= 0.3 is 5.97 Å². The van der Waals surface area contributed by atoms with Crippen LogP contribution in [0.25, 0.3) is 5.69 Å². The van der Waals surface area contributed by atoms with Crippen molar-refractivity contribution in [2.24, 2.45) is 10.3 Å². The Balaban J connectivity index is 1.67. The molecule has 0 aliphatic carbocycles. The summed E-state index contributed by atoms with van der Waals surface area (Å²) in [5, 5.41) is 17.5. The van der Waals surface area contributed by atoms with Crippen LogP contribution in [0.1, 0.15) is 42.4 Å². The Bertz CT molecular complexity index is 1340. The molecule has 0 fully saturated rings. The maximum atomic E-state index is 11.6. The number of hydrogen-bond donors (Lipinski definition) is 1. The van der Waals surface area contributed by atoms with Crippen LogP contribution < -0.4 is 9.47 Å². The van der Waals surface area contributed by atoms with Gasteiger partial charge < -0.3 is 23.5 Å². The lowest BCUT2D eigenvalue weighted by molar-refractivity contribution is -0.135. The number of aromatic nitrogens is 1. The summed E-state index contributed by atoms with van der Waals surface area (Å²) in [5.41, 5.74) is 3.60. The summed E-state index contributed by atoms with van der Waals surface area (Å²) in [7, 11) is 4.92. The zero-order valence-electron chi connectivity index (χ0n) is 21.7. The molecule has 11 heteroatoms. The number of hydrogen-bond acceptors (Lipinski definition) is 7. The Morgan fingerprint density at radius 1 is 1.16 bits per heavy atom. The van der Waals surface area contributed by atoms with Crippen LogP contribution in [0.5, 0.6) is 11.5 Å². The van der Waals surface area contributed by atoms with E-state index in [2.05, 4.69) is 14.9 Å². The molecular formula is C27H30ClN5O5. The summed E-state index contributed by atoms with van der Waals surface area (Å²) >= 11 is 6.46. The first-order valence-electron chi connectivity index (χ1n) is 12.1. The van der Waals surface area contributed by atoms with Crippen molar-refractivity contribution >= 4 is 23.4 Å². The van der Waals surface area contributed by atoms with E-state index in [-0.39, 0.29) is 12.7 Å². The molecule has 0 unspecified atom stereocenters. The van der Waals surface area contributed by atoms with Crippen LogP contribution in [0.2, 0.25) is 5.02 Å². The number of nitrogens with zero attached hydrogens (tertiary/aromatic N) is 4. The fourth-order valence-electron chi connectivity index (χ4n) is 4.42. The van der Waals surface area contributed by atoms with Crippen LogP contribution in [0, 0.1) is 5.41 Å². The van der Waals surface area contributed by atoms with E-state index in [0.29, 0.717) is 29.5 Å². The molecule has 1 aliphatic rings. The summed E-state index contributed by atoms with van der Waals surface area (Å²) in [6, 6.07) is 15.4. The van der Waals surface area contributed by atoms with Crippen molar-refractivity contribution in [2.45, 2.75) is 25.6 Å². The lowest BCUT2D eigenvalue weighted by Gasteiger charge is -2.26. The molecule has 0 bridgehead atoms. The molecule has 0 amide bonds. The van der Waals surface area contributed by atoms with Crippen molar-refractivity contribution in [3.63, 3.8) is 0 Å². The van der Waals surface area contributed by atoms with Crippen LogP contribution in [0.3, 0.4) is 0 Å². The van der Waals surface area contributed by atoms with Crippen molar-refractivity contribution in [1.82, 2.24) is 9.58 Å². The summed E-state index contributed by atoms with van der Waals surface area (Å²) in [5.74, 6) is -0.196. The molecule has 0 radical (unpaired) electrons. The molecule has 200 valence electrons. The van der Waals surface area contributed by atoms with E-state index in [1.54, 1.807) is 33.2 Å². The van der Waals surface area contributed by atoms with Gasteiger partial charge in [-0.15, -0.1) is 5.11 Å². The van der Waals surface area contributed by atoms with E-state index in [9.17, 15) is 4.79 Å². The molecule has 2 atom stereocenters. The highest BCUT2D eigenvalue weighted by Crippen LogP contribution is 2.46. The molecule has 1 aromatic heterocycles. The minimum Gasteiger partial charge on any atom is -0.493 e. The van der Waals surface area contributed by atoms with Crippen LogP contribution >= 0.6 is 11.6 Å². The fraction of sp³-hybridized carbons (Fsp3) is 0.333. The number of para-hydroxylation sites is 1. The molecule has 0 saturated carbocycles. The standard InChI is InChI=1S/C27H30ClN5O5/c1-5-37-27(34)26(29)30-31-32(2)15-13-22-21-9-7-14-33(21)20-12-11-17(28)16-19(20)24(38-22)18-8-6-10-23(35-3)25(18)36-4/h6-12,14,16,22,24,29H,5,13,15H2,1-4H3/b29-26?,31-30-/t22-,24-/m1/s1. The normalized spacial score (nSPS) is 16.3.